The predicted octanol–water partition coefficient (Wildman–Crippen LogP) is 3.58. The molecule has 1 amide bonds. The summed E-state index contributed by atoms with van der Waals surface area (Å²) < 4.78 is 13.8. The van der Waals surface area contributed by atoms with Crippen LogP contribution in [0.15, 0.2) is 52.4 Å². The highest BCUT2D eigenvalue weighted by Crippen LogP contribution is 2.36. The Labute approximate surface area is 152 Å². The molecule has 2 aromatic carbocycles. The van der Waals surface area contributed by atoms with Gasteiger partial charge in [0.15, 0.2) is 16.3 Å². The van der Waals surface area contributed by atoms with Crippen molar-refractivity contribution in [2.75, 3.05) is 12.5 Å². The fourth-order valence-electron chi connectivity index (χ4n) is 2.56. The summed E-state index contributed by atoms with van der Waals surface area (Å²) in [7, 11) is 1.91. The molecular formula is C18H16N2O3S2. The molecule has 0 unspecified atom stereocenters. The average molecular weight is 372 g/mol. The van der Waals surface area contributed by atoms with E-state index >= 15 is 0 Å². The molecule has 0 radical (unpaired) electrons. The predicted molar refractivity (Wildman–Crippen MR) is 99.3 cm³/mol. The zero-order valence-electron chi connectivity index (χ0n) is 13.6. The van der Waals surface area contributed by atoms with Gasteiger partial charge in [0.25, 0.3) is 0 Å². The Balaban J connectivity index is 1.50. The van der Waals surface area contributed by atoms with E-state index in [2.05, 4.69) is 4.99 Å². The van der Waals surface area contributed by atoms with Gasteiger partial charge in [-0.15, -0.1) is 11.8 Å². The number of aromatic nitrogens is 1. The number of amides is 1. The lowest BCUT2D eigenvalue weighted by Crippen LogP contribution is -2.13. The molecule has 0 spiro atoms. The summed E-state index contributed by atoms with van der Waals surface area (Å²) in [6, 6.07) is 13.9. The molecule has 1 aliphatic rings. The van der Waals surface area contributed by atoms with Crippen molar-refractivity contribution in [3.05, 3.63) is 47.3 Å². The van der Waals surface area contributed by atoms with Gasteiger partial charge < -0.3 is 14.0 Å². The van der Waals surface area contributed by atoms with Crippen molar-refractivity contribution in [3.8, 4) is 11.5 Å². The first-order chi connectivity index (χ1) is 12.2. The van der Waals surface area contributed by atoms with Crippen LogP contribution < -0.4 is 14.3 Å². The third-order valence-corrected chi connectivity index (χ3v) is 5.96. The lowest BCUT2D eigenvalue weighted by molar-refractivity contribution is -0.117. The highest BCUT2D eigenvalue weighted by molar-refractivity contribution is 7.99. The molecule has 1 aliphatic heterocycles. The molecule has 4 rings (SSSR count). The summed E-state index contributed by atoms with van der Waals surface area (Å²) in [6.45, 7) is 0.255. The molecular weight excluding hydrogens is 356 g/mol. The van der Waals surface area contributed by atoms with Crippen LogP contribution in [0.3, 0.4) is 0 Å². The maximum atomic E-state index is 12.2. The summed E-state index contributed by atoms with van der Waals surface area (Å²) >= 11 is 3.15. The van der Waals surface area contributed by atoms with Crippen molar-refractivity contribution >= 4 is 39.2 Å². The number of carbonyl (C=O) groups excluding carboxylic acids is 1. The topological polar surface area (TPSA) is 52.8 Å². The fourth-order valence-corrected chi connectivity index (χ4v) is 4.47. The van der Waals surface area contributed by atoms with Gasteiger partial charge in [0.05, 0.1) is 10.2 Å². The Kier molecular flexibility index (Phi) is 4.50. The van der Waals surface area contributed by atoms with Crippen molar-refractivity contribution < 1.29 is 14.3 Å². The summed E-state index contributed by atoms with van der Waals surface area (Å²) in [5.74, 6) is 2.09. The Morgan fingerprint density at radius 2 is 2.00 bits per heavy atom. The van der Waals surface area contributed by atoms with Crippen molar-refractivity contribution in [2.45, 2.75) is 11.3 Å². The molecule has 128 valence electrons. The number of rotatable bonds is 4. The van der Waals surface area contributed by atoms with E-state index in [0.29, 0.717) is 11.2 Å². The smallest absolute Gasteiger partial charge is 0.249 e. The highest BCUT2D eigenvalue weighted by Gasteiger charge is 2.16. The summed E-state index contributed by atoms with van der Waals surface area (Å²) in [4.78, 5) is 18.3. The molecule has 2 heterocycles. The van der Waals surface area contributed by atoms with Crippen LogP contribution in [0.1, 0.15) is 6.42 Å². The zero-order chi connectivity index (χ0) is 17.2. The lowest BCUT2D eigenvalue weighted by atomic mass is 10.3. The van der Waals surface area contributed by atoms with Crippen LogP contribution in [0.2, 0.25) is 0 Å². The molecule has 0 saturated carbocycles. The van der Waals surface area contributed by atoms with Crippen molar-refractivity contribution in [2.24, 2.45) is 12.0 Å². The first-order valence-electron chi connectivity index (χ1n) is 7.85. The van der Waals surface area contributed by atoms with Crippen LogP contribution in [0, 0.1) is 0 Å². The minimum atomic E-state index is -0.106. The number of benzene rings is 2. The number of thiazole rings is 1. The maximum Gasteiger partial charge on any atom is 0.249 e. The highest BCUT2D eigenvalue weighted by atomic mass is 32.2. The number of hydrogen-bond acceptors (Lipinski definition) is 5. The van der Waals surface area contributed by atoms with Crippen LogP contribution in [0.25, 0.3) is 10.2 Å². The van der Waals surface area contributed by atoms with Gasteiger partial charge >= 0.3 is 0 Å². The van der Waals surface area contributed by atoms with Gasteiger partial charge in [0.1, 0.15) is 0 Å². The molecule has 5 nitrogen and oxygen atoms in total. The monoisotopic (exact) mass is 372 g/mol. The molecule has 0 N–H and O–H groups in total. The van der Waals surface area contributed by atoms with Crippen LogP contribution in [-0.4, -0.2) is 23.0 Å². The van der Waals surface area contributed by atoms with Gasteiger partial charge in [-0.3, -0.25) is 4.79 Å². The number of nitrogens with zero attached hydrogens (tertiary/aromatic N) is 2. The van der Waals surface area contributed by atoms with Crippen LogP contribution in [0.4, 0.5) is 0 Å². The number of ether oxygens (including phenoxy) is 2. The second-order valence-electron chi connectivity index (χ2n) is 5.53. The second-order valence-corrected chi connectivity index (χ2v) is 7.71. The van der Waals surface area contributed by atoms with E-state index in [0.717, 1.165) is 32.4 Å². The molecule has 0 fully saturated rings. The van der Waals surface area contributed by atoms with E-state index < -0.39 is 0 Å². The van der Waals surface area contributed by atoms with Gasteiger partial charge in [0.2, 0.25) is 12.7 Å². The van der Waals surface area contributed by atoms with E-state index in [1.54, 1.807) is 11.8 Å². The molecule has 1 aromatic heterocycles. The largest absolute Gasteiger partial charge is 0.454 e. The van der Waals surface area contributed by atoms with Gasteiger partial charge in [-0.05, 0) is 12.1 Å². The fraction of sp³-hybridized carbons (Fsp3) is 0.222. The van der Waals surface area contributed by atoms with Gasteiger partial charge in [-0.2, -0.15) is 4.99 Å². The number of thioether (sulfide) groups is 1. The van der Waals surface area contributed by atoms with Gasteiger partial charge in [-0.1, -0.05) is 29.5 Å². The third kappa shape index (κ3) is 3.43. The van der Waals surface area contributed by atoms with Crippen molar-refractivity contribution in [1.82, 2.24) is 4.57 Å². The molecule has 0 atom stereocenters. The number of aryl methyl sites for hydroxylation is 1. The minimum Gasteiger partial charge on any atom is -0.454 e. The first-order valence-corrected chi connectivity index (χ1v) is 9.65. The quantitative estimate of drug-likeness (QED) is 0.657. The standard InChI is InChI=1S/C18H16N2O3S2/c1-20-13-9-14-15(23-11-22-14)10-16(13)25-18(20)19-17(21)7-8-24-12-5-3-2-4-6-12/h2-6,9-10H,7-8,11H2,1H3. The molecule has 0 saturated heterocycles. The van der Waals surface area contributed by atoms with E-state index in [-0.39, 0.29) is 12.7 Å². The Hall–Kier alpha value is -2.25. The number of carbonyl (C=O) groups is 1. The molecule has 3 aromatic rings. The normalized spacial score (nSPS) is 13.6. The van der Waals surface area contributed by atoms with E-state index in [1.165, 1.54) is 11.3 Å². The second kappa shape index (κ2) is 6.93. The Morgan fingerprint density at radius 3 is 2.80 bits per heavy atom. The van der Waals surface area contributed by atoms with Crippen LogP contribution >= 0.6 is 23.1 Å². The van der Waals surface area contributed by atoms with Crippen molar-refractivity contribution in [3.63, 3.8) is 0 Å². The minimum absolute atomic E-state index is 0.106. The molecule has 0 bridgehead atoms. The average Bonchev–Trinajstić information content (AvgIpc) is 3.19. The maximum absolute atomic E-state index is 12.2. The SMILES string of the molecule is Cn1c(=NC(=O)CCSc2ccccc2)sc2cc3c(cc21)OCO3. The zero-order valence-corrected chi connectivity index (χ0v) is 15.2. The van der Waals surface area contributed by atoms with E-state index in [1.807, 2.05) is 54.1 Å². The summed E-state index contributed by atoms with van der Waals surface area (Å²) in [5, 5.41) is 0. The van der Waals surface area contributed by atoms with E-state index in [9.17, 15) is 4.79 Å². The molecule has 25 heavy (non-hydrogen) atoms. The van der Waals surface area contributed by atoms with Gasteiger partial charge in [-0.25, -0.2) is 0 Å². The van der Waals surface area contributed by atoms with Crippen LogP contribution in [0.5, 0.6) is 11.5 Å². The summed E-state index contributed by atoms with van der Waals surface area (Å²) in [5.41, 5.74) is 0.986. The van der Waals surface area contributed by atoms with Gasteiger partial charge in [0, 0.05) is 36.2 Å². The molecule has 7 heteroatoms. The Morgan fingerprint density at radius 1 is 1.24 bits per heavy atom. The van der Waals surface area contributed by atoms with Crippen LogP contribution in [-0.2, 0) is 11.8 Å². The number of hydrogen-bond donors (Lipinski definition) is 0. The first kappa shape index (κ1) is 16.2. The number of fused-ring (bicyclic) bond motifs is 2. The Bertz CT molecular complexity index is 993. The third-order valence-electron chi connectivity index (χ3n) is 3.85. The lowest BCUT2D eigenvalue weighted by Gasteiger charge is -1.99. The summed E-state index contributed by atoms with van der Waals surface area (Å²) in [6.07, 6.45) is 0.413. The van der Waals surface area contributed by atoms with E-state index in [4.69, 9.17) is 9.47 Å². The molecule has 0 aliphatic carbocycles. The van der Waals surface area contributed by atoms with Crippen molar-refractivity contribution in [1.29, 1.82) is 0 Å².